The van der Waals surface area contributed by atoms with Crippen LogP contribution in [0.25, 0.3) is 0 Å². The number of aromatic nitrogens is 2. The third-order valence-electron chi connectivity index (χ3n) is 3.09. The third-order valence-corrected chi connectivity index (χ3v) is 3.97. The van der Waals surface area contributed by atoms with Gasteiger partial charge in [-0.1, -0.05) is 12.1 Å². The summed E-state index contributed by atoms with van der Waals surface area (Å²) < 4.78 is 15.6. The Labute approximate surface area is 119 Å². The lowest BCUT2D eigenvalue weighted by Crippen LogP contribution is -2.06. The van der Waals surface area contributed by atoms with Gasteiger partial charge in [-0.15, -0.1) is 0 Å². The zero-order valence-corrected chi connectivity index (χ0v) is 12.6. The van der Waals surface area contributed by atoms with Crippen LogP contribution in [0.2, 0.25) is 0 Å². The number of carbonyl (C=O) groups is 1. The summed E-state index contributed by atoms with van der Waals surface area (Å²) in [5, 5.41) is 4.35. The number of benzene rings is 1. The van der Waals surface area contributed by atoms with Crippen LogP contribution in [0.5, 0.6) is 0 Å². The minimum atomic E-state index is -0.300. The maximum Gasteiger partial charge on any atom is 0.163 e. The molecule has 0 bridgehead atoms. The fourth-order valence-corrected chi connectivity index (χ4v) is 2.58. The third kappa shape index (κ3) is 2.61. The summed E-state index contributed by atoms with van der Waals surface area (Å²) in [5.74, 6) is -0.301. The van der Waals surface area contributed by atoms with Crippen molar-refractivity contribution in [1.29, 1.82) is 0 Å². The minimum absolute atomic E-state index is 0.000409. The Morgan fingerprint density at radius 2 is 2.11 bits per heavy atom. The number of hydrogen-bond donors (Lipinski definition) is 0. The van der Waals surface area contributed by atoms with Crippen LogP contribution >= 0.6 is 15.9 Å². The highest BCUT2D eigenvalue weighted by molar-refractivity contribution is 9.10. The monoisotopic (exact) mass is 324 g/mol. The van der Waals surface area contributed by atoms with Crippen molar-refractivity contribution in [2.45, 2.75) is 27.3 Å². The highest BCUT2D eigenvalue weighted by Gasteiger charge is 2.16. The van der Waals surface area contributed by atoms with Gasteiger partial charge in [0, 0.05) is 5.69 Å². The van der Waals surface area contributed by atoms with E-state index < -0.39 is 0 Å². The van der Waals surface area contributed by atoms with Crippen molar-refractivity contribution in [3.05, 3.63) is 51.0 Å². The number of aryl methyl sites for hydroxylation is 1. The molecule has 3 nitrogen and oxygen atoms in total. The second-order valence-electron chi connectivity index (χ2n) is 4.47. The number of ketones is 1. The second-order valence-corrected chi connectivity index (χ2v) is 5.27. The van der Waals surface area contributed by atoms with Gasteiger partial charge >= 0.3 is 0 Å². The van der Waals surface area contributed by atoms with Crippen molar-refractivity contribution >= 4 is 21.7 Å². The number of halogens is 2. The average Bonchev–Trinajstić information content (AvgIpc) is 2.60. The predicted molar refractivity (Wildman–Crippen MR) is 74.9 cm³/mol. The van der Waals surface area contributed by atoms with E-state index >= 15 is 0 Å². The molecule has 2 aromatic rings. The van der Waals surface area contributed by atoms with E-state index in [2.05, 4.69) is 21.0 Å². The van der Waals surface area contributed by atoms with Crippen LogP contribution in [0.4, 0.5) is 4.39 Å². The van der Waals surface area contributed by atoms with Gasteiger partial charge in [-0.3, -0.25) is 9.48 Å². The van der Waals surface area contributed by atoms with E-state index in [1.807, 2.05) is 13.0 Å². The maximum absolute atomic E-state index is 13.5. The zero-order chi connectivity index (χ0) is 14.2. The molecule has 1 heterocycles. The van der Waals surface area contributed by atoms with Crippen LogP contribution in [0.15, 0.2) is 22.7 Å². The Kier molecular flexibility index (Phi) is 3.85. The van der Waals surface area contributed by atoms with Gasteiger partial charge in [0.2, 0.25) is 0 Å². The number of hydrogen-bond acceptors (Lipinski definition) is 2. The van der Waals surface area contributed by atoms with Gasteiger partial charge in [-0.2, -0.15) is 5.10 Å². The number of rotatable bonds is 3. The Morgan fingerprint density at radius 1 is 1.42 bits per heavy atom. The Hall–Kier alpha value is -1.49. The van der Waals surface area contributed by atoms with Crippen LogP contribution in [-0.2, 0) is 6.54 Å². The fourth-order valence-electron chi connectivity index (χ4n) is 2.19. The van der Waals surface area contributed by atoms with Crippen LogP contribution in [0.1, 0.15) is 34.2 Å². The van der Waals surface area contributed by atoms with E-state index in [4.69, 9.17) is 0 Å². The van der Waals surface area contributed by atoms with Gasteiger partial charge in [0.15, 0.2) is 5.78 Å². The standard InChI is InChI=1S/C14H14BrFN2O/c1-8-13(10(3)19)9(2)18(17-8)7-11-5-4-6-12(16)14(11)15/h4-6H,7H2,1-3H3. The molecule has 0 aliphatic carbocycles. The second kappa shape index (κ2) is 5.25. The molecule has 0 radical (unpaired) electrons. The van der Waals surface area contributed by atoms with Crippen molar-refractivity contribution in [3.8, 4) is 0 Å². The Bertz CT molecular complexity index is 649. The largest absolute Gasteiger partial charge is 0.294 e. The first-order chi connectivity index (χ1) is 8.91. The van der Waals surface area contributed by atoms with Crippen LogP contribution < -0.4 is 0 Å². The van der Waals surface area contributed by atoms with E-state index in [0.717, 1.165) is 11.3 Å². The molecule has 0 amide bonds. The van der Waals surface area contributed by atoms with Crippen molar-refractivity contribution in [2.75, 3.05) is 0 Å². The molecule has 5 heteroatoms. The number of Topliss-reactive ketones (excluding diaryl/α,β-unsaturated/α-hetero) is 1. The summed E-state index contributed by atoms with van der Waals surface area (Å²) in [6, 6.07) is 4.89. The molecule has 0 atom stereocenters. The molecule has 100 valence electrons. The summed E-state index contributed by atoms with van der Waals surface area (Å²) in [4.78, 5) is 11.6. The highest BCUT2D eigenvalue weighted by Crippen LogP contribution is 2.22. The molecule has 0 spiro atoms. The van der Waals surface area contributed by atoms with Gasteiger partial charge < -0.3 is 0 Å². The van der Waals surface area contributed by atoms with Crippen molar-refractivity contribution in [1.82, 2.24) is 9.78 Å². The maximum atomic E-state index is 13.5. The number of carbonyl (C=O) groups excluding carboxylic acids is 1. The van der Waals surface area contributed by atoms with Crippen molar-refractivity contribution < 1.29 is 9.18 Å². The number of nitrogens with zero attached hydrogens (tertiary/aromatic N) is 2. The fraction of sp³-hybridized carbons (Fsp3) is 0.286. The van der Waals surface area contributed by atoms with Crippen LogP contribution in [-0.4, -0.2) is 15.6 Å². The molecule has 0 saturated carbocycles. The van der Waals surface area contributed by atoms with Crippen LogP contribution in [0, 0.1) is 19.7 Å². The summed E-state index contributed by atoms with van der Waals surface area (Å²) in [6.45, 7) is 5.61. The van der Waals surface area contributed by atoms with Gasteiger partial charge in [0.25, 0.3) is 0 Å². The molecule has 0 aliphatic heterocycles. The lowest BCUT2D eigenvalue weighted by molar-refractivity contribution is 0.101. The molecule has 0 saturated heterocycles. The summed E-state index contributed by atoms with van der Waals surface area (Å²) in [6.07, 6.45) is 0. The van der Waals surface area contributed by atoms with Crippen LogP contribution in [0.3, 0.4) is 0 Å². The Balaban J connectivity index is 2.42. The predicted octanol–water partition coefficient (Wildman–Crippen LogP) is 3.65. The van der Waals surface area contributed by atoms with Gasteiger partial charge in [-0.05, 0) is 48.3 Å². The van der Waals surface area contributed by atoms with Gasteiger partial charge in [0.05, 0.1) is 22.3 Å². The molecule has 19 heavy (non-hydrogen) atoms. The molecular weight excluding hydrogens is 311 g/mol. The van der Waals surface area contributed by atoms with Gasteiger partial charge in [-0.25, -0.2) is 4.39 Å². The molecule has 0 N–H and O–H groups in total. The lowest BCUT2D eigenvalue weighted by atomic mass is 10.1. The lowest BCUT2D eigenvalue weighted by Gasteiger charge is -2.07. The molecular formula is C14H14BrFN2O. The summed E-state index contributed by atoms with van der Waals surface area (Å²) >= 11 is 3.23. The quantitative estimate of drug-likeness (QED) is 0.808. The van der Waals surface area contributed by atoms with Gasteiger partial charge in [0.1, 0.15) is 5.82 Å². The summed E-state index contributed by atoms with van der Waals surface area (Å²) in [7, 11) is 0. The SMILES string of the molecule is CC(=O)c1c(C)nn(Cc2cccc(F)c2Br)c1C. The first-order valence-electron chi connectivity index (χ1n) is 5.89. The Morgan fingerprint density at radius 3 is 2.68 bits per heavy atom. The van der Waals surface area contributed by atoms with E-state index in [-0.39, 0.29) is 11.6 Å². The first kappa shape index (κ1) is 13.9. The normalized spacial score (nSPS) is 10.8. The van der Waals surface area contributed by atoms with E-state index in [1.54, 1.807) is 17.7 Å². The first-order valence-corrected chi connectivity index (χ1v) is 6.69. The minimum Gasteiger partial charge on any atom is -0.294 e. The highest BCUT2D eigenvalue weighted by atomic mass is 79.9. The van der Waals surface area contributed by atoms with E-state index in [0.29, 0.717) is 22.3 Å². The van der Waals surface area contributed by atoms with Crippen molar-refractivity contribution in [3.63, 3.8) is 0 Å². The smallest absolute Gasteiger partial charge is 0.163 e. The zero-order valence-electron chi connectivity index (χ0n) is 11.0. The molecule has 2 rings (SSSR count). The van der Waals surface area contributed by atoms with E-state index in [1.165, 1.54) is 13.0 Å². The molecule has 1 aromatic carbocycles. The molecule has 1 aromatic heterocycles. The molecule has 0 aliphatic rings. The molecule has 0 unspecified atom stereocenters. The summed E-state index contributed by atoms with van der Waals surface area (Å²) in [5.41, 5.74) is 2.95. The molecule has 0 fully saturated rings. The topological polar surface area (TPSA) is 34.9 Å². The average molecular weight is 325 g/mol. The van der Waals surface area contributed by atoms with E-state index in [9.17, 15) is 9.18 Å². The van der Waals surface area contributed by atoms with Crippen molar-refractivity contribution in [2.24, 2.45) is 0 Å².